The van der Waals surface area contributed by atoms with Crippen LogP contribution in [0.25, 0.3) is 11.0 Å². The second kappa shape index (κ2) is 7.37. The van der Waals surface area contributed by atoms with Crippen molar-refractivity contribution in [2.45, 2.75) is 20.4 Å². The highest BCUT2D eigenvalue weighted by atomic mass is 16.5. The van der Waals surface area contributed by atoms with Crippen molar-refractivity contribution < 1.29 is 13.9 Å². The molecule has 0 N–H and O–H groups in total. The van der Waals surface area contributed by atoms with Gasteiger partial charge in [-0.25, -0.2) is 4.79 Å². The molecule has 6 heteroatoms. The van der Waals surface area contributed by atoms with E-state index in [2.05, 4.69) is 0 Å². The first-order valence-corrected chi connectivity index (χ1v) is 8.52. The van der Waals surface area contributed by atoms with Crippen LogP contribution in [0.5, 0.6) is 0 Å². The van der Waals surface area contributed by atoms with E-state index < -0.39 is 0 Å². The molecule has 1 aromatic heterocycles. The molecule has 1 saturated heterocycles. The summed E-state index contributed by atoms with van der Waals surface area (Å²) in [5.41, 5.74) is 3.22. The van der Waals surface area contributed by atoms with Gasteiger partial charge in [0, 0.05) is 31.1 Å². The van der Waals surface area contributed by atoms with E-state index in [1.165, 1.54) is 6.07 Å². The number of nitrogens with zero attached hydrogens (tertiary/aromatic N) is 2. The molecule has 1 aromatic carbocycles. The Morgan fingerprint density at radius 3 is 2.68 bits per heavy atom. The van der Waals surface area contributed by atoms with E-state index >= 15 is 0 Å². The Labute approximate surface area is 147 Å². The van der Waals surface area contributed by atoms with Gasteiger partial charge in [-0.05, 0) is 37.6 Å². The van der Waals surface area contributed by atoms with Crippen molar-refractivity contribution in [3.63, 3.8) is 0 Å². The van der Waals surface area contributed by atoms with Gasteiger partial charge < -0.3 is 14.1 Å². The van der Waals surface area contributed by atoms with E-state index in [1.807, 2.05) is 42.8 Å². The summed E-state index contributed by atoms with van der Waals surface area (Å²) < 4.78 is 10.7. The van der Waals surface area contributed by atoms with Crippen molar-refractivity contribution >= 4 is 16.9 Å². The lowest BCUT2D eigenvalue weighted by atomic mass is 10.0. The Balaban J connectivity index is 1.79. The summed E-state index contributed by atoms with van der Waals surface area (Å²) in [6.07, 6.45) is 0. The molecule has 0 bridgehead atoms. The largest absolute Gasteiger partial charge is 0.422 e. The van der Waals surface area contributed by atoms with E-state index in [4.69, 9.17) is 9.15 Å². The minimum atomic E-state index is -0.357. The number of amides is 1. The number of benzene rings is 1. The number of likely N-dealkylation sites (N-methyl/N-ethyl adjacent to an activating group) is 1. The standard InChI is InChI=1S/C19H24N2O4/c1-13-4-5-16-15(10-18(23)25-19(16)14(13)2)11-20(3)12-17(22)21-6-8-24-9-7-21/h4-5,10H,6-9,11-12H2,1-3H3. The summed E-state index contributed by atoms with van der Waals surface area (Å²) in [4.78, 5) is 28.1. The molecular weight excluding hydrogens is 320 g/mol. The van der Waals surface area contributed by atoms with Gasteiger partial charge in [-0.1, -0.05) is 12.1 Å². The first-order valence-electron chi connectivity index (χ1n) is 8.52. The first-order chi connectivity index (χ1) is 12.0. The Kier molecular flexibility index (Phi) is 5.20. The second-order valence-corrected chi connectivity index (χ2v) is 6.64. The maximum atomic E-state index is 12.4. The molecular formula is C19H24N2O4. The molecule has 0 unspecified atom stereocenters. The normalized spacial score (nSPS) is 15.1. The van der Waals surface area contributed by atoms with Crippen molar-refractivity contribution in [2.24, 2.45) is 0 Å². The summed E-state index contributed by atoms with van der Waals surface area (Å²) in [6.45, 7) is 7.25. The van der Waals surface area contributed by atoms with Gasteiger partial charge >= 0.3 is 5.63 Å². The summed E-state index contributed by atoms with van der Waals surface area (Å²) in [6, 6.07) is 5.53. The number of morpholine rings is 1. The van der Waals surface area contributed by atoms with Gasteiger partial charge in [-0.15, -0.1) is 0 Å². The van der Waals surface area contributed by atoms with E-state index in [1.54, 1.807) is 0 Å². The minimum Gasteiger partial charge on any atom is -0.422 e. The Hall–Kier alpha value is -2.18. The molecule has 1 aliphatic rings. The maximum Gasteiger partial charge on any atom is 0.336 e. The van der Waals surface area contributed by atoms with Crippen molar-refractivity contribution in [2.75, 3.05) is 39.9 Å². The molecule has 134 valence electrons. The van der Waals surface area contributed by atoms with Crippen LogP contribution in [0.1, 0.15) is 16.7 Å². The van der Waals surface area contributed by atoms with Gasteiger partial charge in [0.2, 0.25) is 5.91 Å². The van der Waals surface area contributed by atoms with Gasteiger partial charge in [0.25, 0.3) is 0 Å². The van der Waals surface area contributed by atoms with Crippen LogP contribution in [0.4, 0.5) is 0 Å². The van der Waals surface area contributed by atoms with Gasteiger partial charge in [-0.3, -0.25) is 9.69 Å². The van der Waals surface area contributed by atoms with Crippen LogP contribution in [-0.4, -0.2) is 55.6 Å². The number of carbonyl (C=O) groups is 1. The lowest BCUT2D eigenvalue weighted by molar-refractivity contribution is -0.136. The van der Waals surface area contributed by atoms with E-state index in [-0.39, 0.29) is 11.5 Å². The number of hydrogen-bond acceptors (Lipinski definition) is 5. The Morgan fingerprint density at radius 2 is 1.96 bits per heavy atom. The SMILES string of the molecule is Cc1ccc2c(CN(C)CC(=O)N3CCOCC3)cc(=O)oc2c1C. The van der Waals surface area contributed by atoms with E-state index in [0.717, 1.165) is 22.1 Å². The van der Waals surface area contributed by atoms with E-state index in [0.29, 0.717) is 45.0 Å². The lowest BCUT2D eigenvalue weighted by Gasteiger charge is -2.28. The number of carbonyl (C=O) groups excluding carboxylic acids is 1. The molecule has 3 rings (SSSR count). The highest BCUT2D eigenvalue weighted by Gasteiger charge is 2.19. The van der Waals surface area contributed by atoms with Gasteiger partial charge in [0.1, 0.15) is 5.58 Å². The van der Waals surface area contributed by atoms with Gasteiger partial charge in [-0.2, -0.15) is 0 Å². The monoisotopic (exact) mass is 344 g/mol. The lowest BCUT2D eigenvalue weighted by Crippen LogP contribution is -2.44. The smallest absolute Gasteiger partial charge is 0.336 e. The summed E-state index contributed by atoms with van der Waals surface area (Å²) >= 11 is 0. The number of rotatable bonds is 4. The molecule has 1 fully saturated rings. The fourth-order valence-electron chi connectivity index (χ4n) is 3.15. The second-order valence-electron chi connectivity index (χ2n) is 6.64. The summed E-state index contributed by atoms with van der Waals surface area (Å²) in [5.74, 6) is 0.0881. The molecule has 1 aliphatic heterocycles. The molecule has 0 radical (unpaired) electrons. The molecule has 2 heterocycles. The topological polar surface area (TPSA) is 63.0 Å². The molecule has 0 aliphatic carbocycles. The highest BCUT2D eigenvalue weighted by molar-refractivity contribution is 5.84. The minimum absolute atomic E-state index is 0.0881. The summed E-state index contributed by atoms with van der Waals surface area (Å²) in [5, 5.41) is 0.924. The van der Waals surface area contributed by atoms with Crippen LogP contribution >= 0.6 is 0 Å². The zero-order valence-corrected chi connectivity index (χ0v) is 15.0. The van der Waals surface area contributed by atoms with Crippen LogP contribution in [-0.2, 0) is 16.1 Å². The van der Waals surface area contributed by atoms with Crippen molar-refractivity contribution in [1.82, 2.24) is 9.80 Å². The number of aryl methyl sites for hydroxylation is 2. The predicted octanol–water partition coefficient (Wildman–Crippen LogP) is 1.70. The molecule has 0 saturated carbocycles. The van der Waals surface area contributed by atoms with Crippen molar-refractivity contribution in [3.05, 3.63) is 45.3 Å². The average Bonchev–Trinajstić information content (AvgIpc) is 2.59. The van der Waals surface area contributed by atoms with Crippen molar-refractivity contribution in [1.29, 1.82) is 0 Å². The third-order valence-electron chi connectivity index (χ3n) is 4.73. The van der Waals surface area contributed by atoms with Crippen LogP contribution in [0.3, 0.4) is 0 Å². The molecule has 2 aromatic rings. The zero-order valence-electron chi connectivity index (χ0n) is 15.0. The van der Waals surface area contributed by atoms with Crippen molar-refractivity contribution in [3.8, 4) is 0 Å². The first kappa shape index (κ1) is 17.6. The Bertz CT molecular complexity index is 837. The summed E-state index contributed by atoms with van der Waals surface area (Å²) in [7, 11) is 1.89. The molecule has 25 heavy (non-hydrogen) atoms. The molecule has 0 atom stereocenters. The highest BCUT2D eigenvalue weighted by Crippen LogP contribution is 2.23. The molecule has 0 spiro atoms. The Morgan fingerprint density at radius 1 is 1.24 bits per heavy atom. The quantitative estimate of drug-likeness (QED) is 0.790. The fourth-order valence-corrected chi connectivity index (χ4v) is 3.15. The van der Waals surface area contributed by atoms with E-state index in [9.17, 15) is 9.59 Å². The molecule has 1 amide bonds. The van der Waals surface area contributed by atoms with Gasteiger partial charge in [0.15, 0.2) is 0 Å². The van der Waals surface area contributed by atoms with Crippen LogP contribution in [0, 0.1) is 13.8 Å². The number of hydrogen-bond donors (Lipinski definition) is 0. The number of fused-ring (bicyclic) bond motifs is 1. The maximum absolute atomic E-state index is 12.4. The van der Waals surface area contributed by atoms with Crippen LogP contribution in [0.2, 0.25) is 0 Å². The molecule has 6 nitrogen and oxygen atoms in total. The predicted molar refractivity (Wildman–Crippen MR) is 95.7 cm³/mol. The fraction of sp³-hybridized carbons (Fsp3) is 0.474. The third kappa shape index (κ3) is 3.91. The van der Waals surface area contributed by atoms with Crippen LogP contribution in [0.15, 0.2) is 27.4 Å². The zero-order chi connectivity index (χ0) is 18.0. The average molecular weight is 344 g/mol. The number of ether oxygens (including phenoxy) is 1. The van der Waals surface area contributed by atoms with Crippen LogP contribution < -0.4 is 5.63 Å². The third-order valence-corrected chi connectivity index (χ3v) is 4.73. The van der Waals surface area contributed by atoms with Gasteiger partial charge in [0.05, 0.1) is 19.8 Å².